The molecule has 138 valence electrons. The molecule has 2 aromatic carbocycles. The average Bonchev–Trinajstić information content (AvgIpc) is 2.52. The molecule has 0 spiro atoms. The largest absolute Gasteiger partial charge is 0.507 e. The number of ether oxygens (including phenoxy) is 2. The van der Waals surface area contributed by atoms with Crippen LogP contribution in [0.15, 0.2) is 41.4 Å². The van der Waals surface area contributed by atoms with Crippen molar-refractivity contribution in [2.75, 3.05) is 0 Å². The predicted octanol–water partition coefficient (Wildman–Crippen LogP) is 4.86. The highest BCUT2D eigenvalue weighted by molar-refractivity contribution is 6.34. The van der Waals surface area contributed by atoms with Crippen LogP contribution < -0.4 is 15.2 Å². The first-order chi connectivity index (χ1) is 12.1. The first-order valence-corrected chi connectivity index (χ1v) is 7.86. The van der Waals surface area contributed by atoms with Gasteiger partial charge in [0.1, 0.15) is 5.84 Å². The van der Waals surface area contributed by atoms with Gasteiger partial charge in [0.15, 0.2) is 11.5 Å². The Labute approximate surface area is 155 Å². The van der Waals surface area contributed by atoms with E-state index in [2.05, 4.69) is 14.5 Å². The van der Waals surface area contributed by atoms with E-state index in [9.17, 15) is 17.6 Å². The number of hydrogen-bond donors (Lipinski definition) is 1. The molecule has 1 heterocycles. The third-order valence-electron chi connectivity index (χ3n) is 3.41. The zero-order valence-electron chi connectivity index (χ0n) is 12.8. The Morgan fingerprint density at radius 3 is 2.12 bits per heavy atom. The molecule has 26 heavy (non-hydrogen) atoms. The second-order valence-corrected chi connectivity index (χ2v) is 6.25. The Kier molecular flexibility index (Phi) is 4.66. The fraction of sp³-hybridized carbons (Fsp3) is 0.188. The van der Waals surface area contributed by atoms with Crippen LogP contribution in [0.1, 0.15) is 11.1 Å². The number of amidine groups is 1. The molecule has 0 unspecified atom stereocenters. The van der Waals surface area contributed by atoms with Crippen LogP contribution in [-0.4, -0.2) is 18.1 Å². The summed E-state index contributed by atoms with van der Waals surface area (Å²) in [4.78, 5) is 4.11. The topological polar surface area (TPSA) is 56.8 Å². The van der Waals surface area contributed by atoms with E-state index in [1.54, 1.807) is 18.2 Å². The number of nitrogens with zero attached hydrogens (tertiary/aromatic N) is 1. The molecule has 0 amide bonds. The van der Waals surface area contributed by atoms with E-state index >= 15 is 0 Å². The third kappa shape index (κ3) is 3.66. The summed E-state index contributed by atoms with van der Waals surface area (Å²) in [5, 5.41) is 0.840. The van der Waals surface area contributed by atoms with Gasteiger partial charge in [0.05, 0.1) is 6.54 Å². The highest BCUT2D eigenvalue weighted by Gasteiger charge is 2.65. The number of nitrogens with two attached hydrogens (primary N) is 1. The molecule has 2 N–H and O–H groups in total. The predicted molar refractivity (Wildman–Crippen MR) is 88.5 cm³/mol. The lowest BCUT2D eigenvalue weighted by Gasteiger charge is -2.31. The van der Waals surface area contributed by atoms with E-state index in [1.165, 1.54) is 6.07 Å². The van der Waals surface area contributed by atoms with Crippen LogP contribution in [0, 0.1) is 0 Å². The maximum absolute atomic E-state index is 13.3. The summed E-state index contributed by atoms with van der Waals surface area (Å²) >= 11 is 11.8. The number of aliphatic imine (C=N–C) groups is 1. The smallest absolute Gasteiger partial charge is 0.421 e. The molecule has 0 bridgehead atoms. The molecule has 0 fully saturated rings. The molecule has 1 aliphatic rings. The van der Waals surface area contributed by atoms with Crippen LogP contribution in [0.3, 0.4) is 0 Å². The maximum atomic E-state index is 13.3. The van der Waals surface area contributed by atoms with Crippen molar-refractivity contribution >= 4 is 29.0 Å². The molecule has 1 aliphatic heterocycles. The number of alkyl halides is 4. The SMILES string of the molecule is NC(=NCc1cc(Cl)cc(Cl)c1)c1ccc2c(c1)OC(F)(F)C(F)(F)O2. The minimum Gasteiger partial charge on any atom is -0.421 e. The molecule has 0 aromatic heterocycles. The van der Waals surface area contributed by atoms with Gasteiger partial charge in [-0.05, 0) is 42.0 Å². The maximum Gasteiger partial charge on any atom is 0.507 e. The van der Waals surface area contributed by atoms with Crippen molar-refractivity contribution in [1.82, 2.24) is 0 Å². The van der Waals surface area contributed by atoms with Crippen molar-refractivity contribution in [1.29, 1.82) is 0 Å². The minimum atomic E-state index is -4.80. The van der Waals surface area contributed by atoms with Gasteiger partial charge in [-0.25, -0.2) is 0 Å². The zero-order valence-corrected chi connectivity index (χ0v) is 14.3. The highest BCUT2D eigenvalue weighted by atomic mass is 35.5. The molecule has 10 heteroatoms. The molecule has 0 saturated carbocycles. The molecule has 4 nitrogen and oxygen atoms in total. The monoisotopic (exact) mass is 408 g/mol. The van der Waals surface area contributed by atoms with Crippen molar-refractivity contribution in [3.05, 3.63) is 57.6 Å². The fourth-order valence-corrected chi connectivity index (χ4v) is 2.77. The van der Waals surface area contributed by atoms with Crippen molar-refractivity contribution in [2.45, 2.75) is 18.8 Å². The fourth-order valence-electron chi connectivity index (χ4n) is 2.20. The number of hydrogen-bond acceptors (Lipinski definition) is 3. The Morgan fingerprint density at radius 2 is 1.50 bits per heavy atom. The van der Waals surface area contributed by atoms with Gasteiger partial charge in [0, 0.05) is 15.6 Å². The van der Waals surface area contributed by atoms with Gasteiger partial charge in [-0.15, -0.1) is 0 Å². The second kappa shape index (κ2) is 6.51. The van der Waals surface area contributed by atoms with Gasteiger partial charge in [-0.2, -0.15) is 17.6 Å². The number of rotatable bonds is 3. The lowest BCUT2D eigenvalue weighted by atomic mass is 10.1. The third-order valence-corrected chi connectivity index (χ3v) is 3.85. The van der Waals surface area contributed by atoms with Crippen LogP contribution in [0.25, 0.3) is 0 Å². The van der Waals surface area contributed by atoms with E-state index in [0.717, 1.165) is 12.1 Å². The van der Waals surface area contributed by atoms with Gasteiger partial charge in [-0.3, -0.25) is 4.99 Å². The Morgan fingerprint density at radius 1 is 0.923 bits per heavy atom. The van der Waals surface area contributed by atoms with E-state index in [4.69, 9.17) is 28.9 Å². The number of halogens is 6. The number of benzene rings is 2. The van der Waals surface area contributed by atoms with Crippen molar-refractivity contribution in [2.24, 2.45) is 10.7 Å². The van der Waals surface area contributed by atoms with Crippen LogP contribution in [0.2, 0.25) is 10.0 Å². The Balaban J connectivity index is 1.84. The average molecular weight is 409 g/mol. The Hall–Kier alpha value is -2.19. The minimum absolute atomic E-state index is 0.0202. The molecule has 0 aliphatic carbocycles. The molecular weight excluding hydrogens is 399 g/mol. The summed E-state index contributed by atoms with van der Waals surface area (Å²) in [7, 11) is 0. The van der Waals surface area contributed by atoms with E-state index in [-0.39, 0.29) is 17.9 Å². The molecule has 2 aromatic rings. The summed E-state index contributed by atoms with van der Waals surface area (Å²) in [5.74, 6) is -1.12. The molecular formula is C16H10Cl2F4N2O2. The van der Waals surface area contributed by atoms with Gasteiger partial charge < -0.3 is 15.2 Å². The van der Waals surface area contributed by atoms with E-state index < -0.39 is 23.7 Å². The first kappa shape index (κ1) is 18.6. The Bertz CT molecular complexity index is 870. The molecule has 3 rings (SSSR count). The number of fused-ring (bicyclic) bond motifs is 1. The summed E-state index contributed by atoms with van der Waals surface area (Å²) in [6.45, 7) is 0.120. The quantitative estimate of drug-likeness (QED) is 0.448. The lowest BCUT2D eigenvalue weighted by Crippen LogP contribution is -2.52. The molecule has 0 radical (unpaired) electrons. The summed E-state index contributed by atoms with van der Waals surface area (Å²) in [6.07, 6.45) is -9.57. The van der Waals surface area contributed by atoms with Gasteiger partial charge >= 0.3 is 12.2 Å². The lowest BCUT2D eigenvalue weighted by molar-refractivity contribution is -0.391. The van der Waals surface area contributed by atoms with Crippen LogP contribution in [-0.2, 0) is 6.54 Å². The standard InChI is InChI=1S/C16H10Cl2F4N2O2/c17-10-3-8(4-11(18)6-10)7-24-14(23)9-1-2-12-13(5-9)26-16(21,22)15(19,20)25-12/h1-6H,7H2,(H2,23,24). The van der Waals surface area contributed by atoms with E-state index in [0.29, 0.717) is 15.6 Å². The van der Waals surface area contributed by atoms with Crippen LogP contribution >= 0.6 is 23.2 Å². The second-order valence-electron chi connectivity index (χ2n) is 5.38. The van der Waals surface area contributed by atoms with Crippen LogP contribution in [0.4, 0.5) is 17.6 Å². The van der Waals surface area contributed by atoms with Gasteiger partial charge in [0.25, 0.3) is 0 Å². The summed E-state index contributed by atoms with van der Waals surface area (Å²) < 4.78 is 60.8. The van der Waals surface area contributed by atoms with Gasteiger partial charge in [0.2, 0.25) is 0 Å². The summed E-state index contributed by atoms with van der Waals surface area (Å²) in [5.41, 5.74) is 6.70. The van der Waals surface area contributed by atoms with Crippen LogP contribution in [0.5, 0.6) is 11.5 Å². The highest BCUT2D eigenvalue weighted by Crippen LogP contribution is 2.46. The summed E-state index contributed by atoms with van der Waals surface area (Å²) in [6, 6.07) is 8.21. The normalized spacial score (nSPS) is 17.8. The first-order valence-electron chi connectivity index (χ1n) is 7.10. The molecule has 0 atom stereocenters. The van der Waals surface area contributed by atoms with E-state index in [1.807, 2.05) is 0 Å². The van der Waals surface area contributed by atoms with Crippen molar-refractivity contribution in [3.8, 4) is 11.5 Å². The zero-order chi connectivity index (χ0) is 19.1. The van der Waals surface area contributed by atoms with Crippen molar-refractivity contribution < 1.29 is 27.0 Å². The van der Waals surface area contributed by atoms with Gasteiger partial charge in [-0.1, -0.05) is 23.2 Å². The molecule has 0 saturated heterocycles. The van der Waals surface area contributed by atoms with Crippen molar-refractivity contribution in [3.63, 3.8) is 0 Å².